The van der Waals surface area contributed by atoms with Gasteiger partial charge >= 0.3 is 0 Å². The molecule has 0 aliphatic heterocycles. The molecule has 1 amide bonds. The van der Waals surface area contributed by atoms with Gasteiger partial charge in [0.1, 0.15) is 0 Å². The van der Waals surface area contributed by atoms with E-state index in [0.29, 0.717) is 17.8 Å². The van der Waals surface area contributed by atoms with E-state index in [1.165, 1.54) is 24.3 Å². The fourth-order valence-electron chi connectivity index (χ4n) is 1.94. The first kappa shape index (κ1) is 16.8. The van der Waals surface area contributed by atoms with Gasteiger partial charge in [-0.15, -0.1) is 6.58 Å². The van der Waals surface area contributed by atoms with Gasteiger partial charge in [0.05, 0.1) is 10.6 Å². The second-order valence-corrected chi connectivity index (χ2v) is 6.63. The molecule has 120 valence electrons. The highest BCUT2D eigenvalue weighted by molar-refractivity contribution is 7.92. The molecule has 0 aliphatic rings. The summed E-state index contributed by atoms with van der Waals surface area (Å²) < 4.78 is 27.3. The van der Waals surface area contributed by atoms with Gasteiger partial charge in [-0.1, -0.05) is 24.3 Å². The summed E-state index contributed by atoms with van der Waals surface area (Å²) in [4.78, 5) is 11.9. The highest BCUT2D eigenvalue weighted by Gasteiger charge is 2.15. The summed E-state index contributed by atoms with van der Waals surface area (Å²) in [5.74, 6) is -0.277. The first-order chi connectivity index (χ1) is 10.9. The van der Waals surface area contributed by atoms with Crippen molar-refractivity contribution in [3.63, 3.8) is 0 Å². The number of anilines is 1. The lowest BCUT2D eigenvalue weighted by molar-refractivity contribution is 0.0958. The zero-order valence-electron chi connectivity index (χ0n) is 12.7. The van der Waals surface area contributed by atoms with Crippen LogP contribution in [-0.4, -0.2) is 20.9 Å². The maximum atomic E-state index is 12.4. The molecule has 0 atom stereocenters. The minimum Gasteiger partial charge on any atom is -0.349 e. The molecule has 0 bridgehead atoms. The smallest absolute Gasteiger partial charge is 0.261 e. The monoisotopic (exact) mass is 330 g/mol. The molecule has 0 saturated carbocycles. The van der Waals surface area contributed by atoms with Crippen molar-refractivity contribution in [1.29, 1.82) is 0 Å². The van der Waals surface area contributed by atoms with Crippen molar-refractivity contribution in [2.24, 2.45) is 0 Å². The van der Waals surface area contributed by atoms with Gasteiger partial charge in [0.15, 0.2) is 0 Å². The van der Waals surface area contributed by atoms with Crippen LogP contribution < -0.4 is 10.0 Å². The molecule has 0 fully saturated rings. The Morgan fingerprint density at radius 2 is 1.78 bits per heavy atom. The predicted octanol–water partition coefficient (Wildman–Crippen LogP) is 2.71. The molecule has 0 saturated heterocycles. The van der Waals surface area contributed by atoms with E-state index >= 15 is 0 Å². The third-order valence-corrected chi connectivity index (χ3v) is 4.60. The number of hydrogen-bond acceptors (Lipinski definition) is 3. The van der Waals surface area contributed by atoms with Crippen molar-refractivity contribution in [2.45, 2.75) is 11.8 Å². The molecule has 2 aromatic rings. The van der Waals surface area contributed by atoms with Gasteiger partial charge in [-0.25, -0.2) is 8.42 Å². The number of sulfonamides is 1. The second-order valence-electron chi connectivity index (χ2n) is 4.94. The first-order valence-corrected chi connectivity index (χ1v) is 8.50. The number of nitrogens with one attached hydrogen (secondary N) is 2. The quantitative estimate of drug-likeness (QED) is 0.800. The number of benzene rings is 2. The van der Waals surface area contributed by atoms with Crippen LogP contribution >= 0.6 is 0 Å². The van der Waals surface area contributed by atoms with Crippen LogP contribution in [0.5, 0.6) is 0 Å². The number of para-hydroxylation sites is 1. The van der Waals surface area contributed by atoms with Crippen LogP contribution in [0.4, 0.5) is 5.69 Å². The molecule has 0 radical (unpaired) electrons. The number of aryl methyl sites for hydroxylation is 1. The fourth-order valence-corrected chi connectivity index (χ4v) is 3.07. The van der Waals surface area contributed by atoms with Gasteiger partial charge in [0.2, 0.25) is 0 Å². The Labute approximate surface area is 136 Å². The number of amides is 1. The molecule has 2 rings (SSSR count). The third kappa shape index (κ3) is 4.20. The molecular formula is C17H18N2O3S. The SMILES string of the molecule is C=CCNC(=O)c1ccc(S(=O)(=O)Nc2ccccc2C)cc1. The van der Waals surface area contributed by atoms with Crippen LogP contribution in [0.1, 0.15) is 15.9 Å². The van der Waals surface area contributed by atoms with Crippen LogP contribution in [0.3, 0.4) is 0 Å². The summed E-state index contributed by atoms with van der Waals surface area (Å²) in [5.41, 5.74) is 1.75. The average Bonchev–Trinajstić information content (AvgIpc) is 2.55. The van der Waals surface area contributed by atoms with Gasteiger partial charge < -0.3 is 5.32 Å². The Balaban J connectivity index is 2.19. The Morgan fingerprint density at radius 1 is 1.13 bits per heavy atom. The lowest BCUT2D eigenvalue weighted by Crippen LogP contribution is -2.23. The zero-order valence-corrected chi connectivity index (χ0v) is 13.6. The molecule has 2 N–H and O–H groups in total. The van der Waals surface area contributed by atoms with Gasteiger partial charge in [0, 0.05) is 12.1 Å². The maximum Gasteiger partial charge on any atom is 0.261 e. The standard InChI is InChI=1S/C17H18N2O3S/c1-3-12-18-17(20)14-8-10-15(11-9-14)23(21,22)19-16-7-5-4-6-13(16)2/h3-11,19H,1,12H2,2H3,(H,18,20). The van der Waals surface area contributed by atoms with Gasteiger partial charge in [-0.3, -0.25) is 9.52 Å². The molecule has 6 heteroatoms. The number of rotatable bonds is 6. The van der Waals surface area contributed by atoms with Crippen molar-refractivity contribution in [3.05, 3.63) is 72.3 Å². The van der Waals surface area contributed by atoms with E-state index in [4.69, 9.17) is 0 Å². The Morgan fingerprint density at radius 3 is 2.39 bits per heavy atom. The van der Waals surface area contributed by atoms with E-state index in [2.05, 4.69) is 16.6 Å². The van der Waals surface area contributed by atoms with E-state index < -0.39 is 10.0 Å². The molecule has 0 aliphatic carbocycles. The van der Waals surface area contributed by atoms with Crippen molar-refractivity contribution in [2.75, 3.05) is 11.3 Å². The highest BCUT2D eigenvalue weighted by atomic mass is 32.2. The van der Waals surface area contributed by atoms with Crippen molar-refractivity contribution in [1.82, 2.24) is 5.32 Å². The second kappa shape index (κ2) is 7.11. The third-order valence-electron chi connectivity index (χ3n) is 3.22. The van der Waals surface area contributed by atoms with E-state index in [1.807, 2.05) is 19.1 Å². The zero-order chi connectivity index (χ0) is 16.9. The Kier molecular flexibility index (Phi) is 5.18. The minimum atomic E-state index is -3.69. The van der Waals surface area contributed by atoms with Crippen LogP contribution in [0, 0.1) is 6.92 Å². The van der Waals surface area contributed by atoms with Gasteiger partial charge in [-0.2, -0.15) is 0 Å². The summed E-state index contributed by atoms with van der Waals surface area (Å²) in [6.07, 6.45) is 1.57. The predicted molar refractivity (Wildman–Crippen MR) is 91.0 cm³/mol. The molecular weight excluding hydrogens is 312 g/mol. The van der Waals surface area contributed by atoms with Crippen LogP contribution in [0.25, 0.3) is 0 Å². The first-order valence-electron chi connectivity index (χ1n) is 7.01. The highest BCUT2D eigenvalue weighted by Crippen LogP contribution is 2.19. The molecule has 2 aromatic carbocycles. The fraction of sp³-hybridized carbons (Fsp3) is 0.118. The maximum absolute atomic E-state index is 12.4. The largest absolute Gasteiger partial charge is 0.349 e. The van der Waals surface area contributed by atoms with Crippen LogP contribution in [0.2, 0.25) is 0 Å². The summed E-state index contributed by atoms with van der Waals surface area (Å²) in [6, 6.07) is 12.9. The summed E-state index contributed by atoms with van der Waals surface area (Å²) in [5, 5.41) is 2.63. The number of hydrogen-bond donors (Lipinski definition) is 2. The molecule has 5 nitrogen and oxygen atoms in total. The van der Waals surface area contributed by atoms with Gasteiger partial charge in [-0.05, 0) is 42.8 Å². The average molecular weight is 330 g/mol. The molecule has 0 unspecified atom stereocenters. The molecule has 23 heavy (non-hydrogen) atoms. The van der Waals surface area contributed by atoms with E-state index in [1.54, 1.807) is 18.2 Å². The normalized spacial score (nSPS) is 10.8. The van der Waals surface area contributed by atoms with Crippen molar-refractivity contribution < 1.29 is 13.2 Å². The Hall–Kier alpha value is -2.60. The van der Waals surface area contributed by atoms with Gasteiger partial charge in [0.25, 0.3) is 15.9 Å². The van der Waals surface area contributed by atoms with E-state index in [9.17, 15) is 13.2 Å². The number of carbonyl (C=O) groups excluding carboxylic acids is 1. The number of carbonyl (C=O) groups is 1. The lowest BCUT2D eigenvalue weighted by atomic mass is 10.2. The topological polar surface area (TPSA) is 75.3 Å². The lowest BCUT2D eigenvalue weighted by Gasteiger charge is -2.10. The van der Waals surface area contributed by atoms with E-state index in [0.717, 1.165) is 5.56 Å². The molecule has 0 aromatic heterocycles. The summed E-state index contributed by atoms with van der Waals surface area (Å²) in [6.45, 7) is 5.70. The Bertz CT molecular complexity index is 812. The van der Waals surface area contributed by atoms with E-state index in [-0.39, 0.29) is 10.8 Å². The van der Waals surface area contributed by atoms with Crippen LogP contribution in [-0.2, 0) is 10.0 Å². The van der Waals surface area contributed by atoms with Crippen molar-refractivity contribution >= 4 is 21.6 Å². The summed E-state index contributed by atoms with van der Waals surface area (Å²) >= 11 is 0. The molecule has 0 heterocycles. The van der Waals surface area contributed by atoms with Crippen LogP contribution in [0.15, 0.2) is 66.1 Å². The minimum absolute atomic E-state index is 0.0982. The van der Waals surface area contributed by atoms with Crippen molar-refractivity contribution in [3.8, 4) is 0 Å². The molecule has 0 spiro atoms. The summed E-state index contributed by atoms with van der Waals surface area (Å²) in [7, 11) is -3.69.